The fourth-order valence-corrected chi connectivity index (χ4v) is 5.04. The highest BCUT2D eigenvalue weighted by Gasteiger charge is 2.29. The van der Waals surface area contributed by atoms with E-state index >= 15 is 0 Å². The van der Waals surface area contributed by atoms with Crippen molar-refractivity contribution in [3.05, 3.63) is 12.1 Å². The molecule has 1 heterocycles. The summed E-state index contributed by atoms with van der Waals surface area (Å²) in [5, 5.41) is 3.16. The molecule has 22 heavy (non-hydrogen) atoms. The number of nitrogens with one attached hydrogen (secondary N) is 1. The van der Waals surface area contributed by atoms with Crippen LogP contribution in [0.2, 0.25) is 0 Å². The molecule has 1 fully saturated rings. The van der Waals surface area contributed by atoms with Crippen LogP contribution < -0.4 is 14.8 Å². The lowest BCUT2D eigenvalue weighted by Gasteiger charge is -2.27. The Morgan fingerprint density at radius 2 is 1.77 bits per heavy atom. The van der Waals surface area contributed by atoms with E-state index in [1.165, 1.54) is 23.2 Å². The van der Waals surface area contributed by atoms with Crippen LogP contribution in [0.1, 0.15) is 6.92 Å². The molecule has 6 nitrogen and oxygen atoms in total. The number of sulfonamides is 1. The predicted octanol–water partition coefficient (Wildman–Crippen LogP) is 1.41. The quantitative estimate of drug-likeness (QED) is 0.786. The van der Waals surface area contributed by atoms with Gasteiger partial charge in [-0.05, 0) is 11.8 Å². The zero-order valence-corrected chi connectivity index (χ0v) is 14.7. The van der Waals surface area contributed by atoms with E-state index in [1.807, 2.05) is 6.92 Å². The first-order valence-corrected chi connectivity index (χ1v) is 9.56. The minimum Gasteiger partial charge on any atom is -0.493 e. The van der Waals surface area contributed by atoms with Gasteiger partial charge in [0.05, 0.1) is 19.1 Å². The number of rotatable bonds is 6. The Morgan fingerprint density at radius 3 is 2.32 bits per heavy atom. The Hall–Kier alpha value is -0.960. The van der Waals surface area contributed by atoms with Crippen molar-refractivity contribution in [2.45, 2.75) is 16.7 Å². The summed E-state index contributed by atoms with van der Waals surface area (Å²) in [4.78, 5) is 0.984. The van der Waals surface area contributed by atoms with E-state index in [2.05, 4.69) is 5.32 Å². The molecule has 0 amide bonds. The van der Waals surface area contributed by atoms with Crippen molar-refractivity contribution in [2.75, 3.05) is 46.2 Å². The molecule has 0 spiro atoms. The van der Waals surface area contributed by atoms with Crippen molar-refractivity contribution < 1.29 is 17.9 Å². The maximum Gasteiger partial charge on any atom is 0.244 e. The smallest absolute Gasteiger partial charge is 0.244 e. The zero-order chi connectivity index (χ0) is 16.2. The Balaban J connectivity index is 2.51. The molecule has 0 aromatic heterocycles. The van der Waals surface area contributed by atoms with E-state index in [9.17, 15) is 8.42 Å². The highest BCUT2D eigenvalue weighted by atomic mass is 32.2. The van der Waals surface area contributed by atoms with E-state index in [0.717, 1.165) is 5.75 Å². The van der Waals surface area contributed by atoms with Crippen LogP contribution in [0.15, 0.2) is 21.9 Å². The van der Waals surface area contributed by atoms with Crippen LogP contribution in [0.4, 0.5) is 0 Å². The van der Waals surface area contributed by atoms with Crippen LogP contribution >= 0.6 is 11.8 Å². The van der Waals surface area contributed by atoms with Crippen LogP contribution in [0.3, 0.4) is 0 Å². The van der Waals surface area contributed by atoms with Gasteiger partial charge in [-0.2, -0.15) is 4.31 Å². The van der Waals surface area contributed by atoms with Crippen LogP contribution in [-0.4, -0.2) is 58.9 Å². The second kappa shape index (κ2) is 7.54. The van der Waals surface area contributed by atoms with Crippen LogP contribution in [0, 0.1) is 0 Å². The fourth-order valence-electron chi connectivity index (χ4n) is 2.34. The van der Waals surface area contributed by atoms with Gasteiger partial charge in [0, 0.05) is 37.1 Å². The third-order valence-electron chi connectivity index (χ3n) is 3.44. The highest BCUT2D eigenvalue weighted by Crippen LogP contribution is 2.38. The van der Waals surface area contributed by atoms with Crippen molar-refractivity contribution in [3.8, 4) is 11.5 Å². The number of ether oxygens (including phenoxy) is 2. The summed E-state index contributed by atoms with van der Waals surface area (Å²) in [6, 6.07) is 3.30. The van der Waals surface area contributed by atoms with E-state index in [-0.39, 0.29) is 0 Å². The first-order chi connectivity index (χ1) is 10.5. The number of hydrogen-bond acceptors (Lipinski definition) is 6. The third-order valence-corrected chi connectivity index (χ3v) is 6.45. The third kappa shape index (κ3) is 3.51. The Kier molecular flexibility index (Phi) is 5.96. The lowest BCUT2D eigenvalue weighted by molar-refractivity contribution is 0.349. The topological polar surface area (TPSA) is 67.9 Å². The van der Waals surface area contributed by atoms with Gasteiger partial charge in [0.2, 0.25) is 10.0 Å². The molecule has 0 radical (unpaired) electrons. The summed E-state index contributed by atoms with van der Waals surface area (Å²) in [7, 11) is -0.485. The van der Waals surface area contributed by atoms with Gasteiger partial charge in [0.15, 0.2) is 11.5 Å². The monoisotopic (exact) mass is 346 g/mol. The maximum absolute atomic E-state index is 12.9. The molecular weight excluding hydrogens is 324 g/mol. The number of methoxy groups -OCH3 is 2. The Morgan fingerprint density at radius 1 is 1.18 bits per heavy atom. The molecule has 0 atom stereocenters. The molecule has 2 rings (SSSR count). The molecule has 0 aliphatic carbocycles. The zero-order valence-electron chi connectivity index (χ0n) is 13.1. The van der Waals surface area contributed by atoms with Gasteiger partial charge >= 0.3 is 0 Å². The molecule has 0 unspecified atom stereocenters. The summed E-state index contributed by atoms with van der Waals surface area (Å²) < 4.78 is 37.9. The molecule has 1 aromatic rings. The molecule has 1 aromatic carbocycles. The number of piperazine rings is 1. The lowest BCUT2D eigenvalue weighted by Crippen LogP contribution is -2.46. The molecule has 1 aliphatic rings. The molecular formula is C14H22N2O4S2. The molecule has 124 valence electrons. The van der Waals surface area contributed by atoms with Gasteiger partial charge in [-0.15, -0.1) is 11.8 Å². The maximum atomic E-state index is 12.9. The standard InChI is InChI=1S/C14H22N2O4S2/c1-4-21-13-9-11(19-2)12(20-3)10-14(13)22(17,18)16-7-5-15-6-8-16/h9-10,15H,4-8H2,1-3H3. The number of benzene rings is 1. The minimum atomic E-state index is -3.54. The molecule has 0 bridgehead atoms. The summed E-state index contributed by atoms with van der Waals surface area (Å²) in [5.41, 5.74) is 0. The predicted molar refractivity (Wildman–Crippen MR) is 87.6 cm³/mol. The second-order valence-corrected chi connectivity index (χ2v) is 7.95. The molecule has 0 saturated carbocycles. The van der Waals surface area contributed by atoms with E-state index < -0.39 is 10.0 Å². The highest BCUT2D eigenvalue weighted by molar-refractivity contribution is 8.00. The Labute approximate surface area is 136 Å². The van der Waals surface area contributed by atoms with Crippen molar-refractivity contribution in [1.82, 2.24) is 9.62 Å². The Bertz CT molecular complexity index is 614. The van der Waals surface area contributed by atoms with Crippen molar-refractivity contribution in [3.63, 3.8) is 0 Å². The molecule has 1 saturated heterocycles. The van der Waals surface area contributed by atoms with E-state index in [4.69, 9.17) is 9.47 Å². The first kappa shape index (κ1) is 17.4. The average Bonchev–Trinajstić information content (AvgIpc) is 2.55. The van der Waals surface area contributed by atoms with Crippen LogP contribution in [-0.2, 0) is 10.0 Å². The minimum absolute atomic E-state index is 0.291. The van der Waals surface area contributed by atoms with Crippen molar-refractivity contribution in [2.24, 2.45) is 0 Å². The van der Waals surface area contributed by atoms with E-state index in [1.54, 1.807) is 19.2 Å². The second-order valence-electron chi connectivity index (χ2n) is 4.74. The van der Waals surface area contributed by atoms with Gasteiger partial charge < -0.3 is 14.8 Å². The SMILES string of the molecule is CCSc1cc(OC)c(OC)cc1S(=O)(=O)N1CCNCC1. The number of thioether (sulfide) groups is 1. The largest absolute Gasteiger partial charge is 0.493 e. The molecule has 8 heteroatoms. The van der Waals surface area contributed by atoms with Gasteiger partial charge in [-0.3, -0.25) is 0 Å². The number of hydrogen-bond donors (Lipinski definition) is 1. The lowest BCUT2D eigenvalue weighted by atomic mass is 10.3. The first-order valence-electron chi connectivity index (χ1n) is 7.14. The van der Waals surface area contributed by atoms with Crippen molar-refractivity contribution in [1.29, 1.82) is 0 Å². The van der Waals surface area contributed by atoms with Crippen LogP contribution in [0.5, 0.6) is 11.5 Å². The number of nitrogens with zero attached hydrogens (tertiary/aromatic N) is 1. The summed E-state index contributed by atoms with van der Waals surface area (Å²) >= 11 is 1.48. The molecule has 1 N–H and O–H groups in total. The normalized spacial score (nSPS) is 16.5. The average molecular weight is 346 g/mol. The molecule has 1 aliphatic heterocycles. The fraction of sp³-hybridized carbons (Fsp3) is 0.571. The van der Waals surface area contributed by atoms with Gasteiger partial charge in [0.25, 0.3) is 0 Å². The van der Waals surface area contributed by atoms with Gasteiger partial charge in [-0.1, -0.05) is 6.92 Å². The van der Waals surface area contributed by atoms with Gasteiger partial charge in [0.1, 0.15) is 0 Å². The summed E-state index contributed by atoms with van der Waals surface area (Å²) in [5.74, 6) is 1.74. The van der Waals surface area contributed by atoms with Crippen LogP contribution in [0.25, 0.3) is 0 Å². The summed E-state index contributed by atoms with van der Waals surface area (Å²) in [6.45, 7) is 4.29. The van der Waals surface area contributed by atoms with Crippen molar-refractivity contribution >= 4 is 21.8 Å². The van der Waals surface area contributed by atoms with E-state index in [0.29, 0.717) is 47.5 Å². The van der Waals surface area contributed by atoms with Gasteiger partial charge in [-0.25, -0.2) is 8.42 Å². The summed E-state index contributed by atoms with van der Waals surface area (Å²) in [6.07, 6.45) is 0.